The van der Waals surface area contributed by atoms with Gasteiger partial charge in [-0.25, -0.2) is 13.1 Å². The summed E-state index contributed by atoms with van der Waals surface area (Å²) in [5, 5.41) is 3.03. The van der Waals surface area contributed by atoms with E-state index in [1.807, 2.05) is 47.5 Å². The van der Waals surface area contributed by atoms with E-state index in [1.54, 1.807) is 11.3 Å². The molecule has 0 fully saturated rings. The topological polar surface area (TPSA) is 51.1 Å². The van der Waals surface area contributed by atoms with Crippen LogP contribution in [0, 0.1) is 0 Å². The molecule has 0 amide bonds. The standard InChI is InChI=1S/C12H16N2O2S2/c1-2-9-18(15,16)13-10-11-5-8-17-12(11)14-6-3-4-7-14/h3-8,13H,2,9-10H2,1H3. The molecule has 18 heavy (non-hydrogen) atoms. The second-order valence-electron chi connectivity index (χ2n) is 3.98. The molecule has 1 N–H and O–H groups in total. The van der Waals surface area contributed by atoms with Crippen LogP contribution in [0.1, 0.15) is 18.9 Å². The number of hydrogen-bond acceptors (Lipinski definition) is 3. The highest BCUT2D eigenvalue weighted by Crippen LogP contribution is 2.21. The maximum atomic E-state index is 11.6. The van der Waals surface area contributed by atoms with E-state index in [1.165, 1.54) is 0 Å². The fourth-order valence-electron chi connectivity index (χ4n) is 1.69. The van der Waals surface area contributed by atoms with Crippen molar-refractivity contribution in [2.45, 2.75) is 19.9 Å². The third kappa shape index (κ3) is 3.22. The fourth-order valence-corrected chi connectivity index (χ4v) is 3.64. The fraction of sp³-hybridized carbons (Fsp3) is 0.333. The summed E-state index contributed by atoms with van der Waals surface area (Å²) < 4.78 is 27.8. The molecule has 0 saturated heterocycles. The van der Waals surface area contributed by atoms with Gasteiger partial charge in [-0.1, -0.05) is 6.92 Å². The van der Waals surface area contributed by atoms with E-state index >= 15 is 0 Å². The number of aromatic nitrogens is 1. The van der Waals surface area contributed by atoms with Crippen LogP contribution in [0.4, 0.5) is 0 Å². The molecule has 0 aliphatic rings. The molecule has 0 bridgehead atoms. The van der Waals surface area contributed by atoms with E-state index in [9.17, 15) is 8.42 Å². The molecule has 0 radical (unpaired) electrons. The van der Waals surface area contributed by atoms with Crippen LogP contribution in [0.3, 0.4) is 0 Å². The Balaban J connectivity index is 2.10. The molecular weight excluding hydrogens is 268 g/mol. The highest BCUT2D eigenvalue weighted by molar-refractivity contribution is 7.89. The Hall–Kier alpha value is -1.11. The molecule has 0 saturated carbocycles. The summed E-state index contributed by atoms with van der Waals surface area (Å²) in [5.74, 6) is 0.177. The van der Waals surface area contributed by atoms with Gasteiger partial charge in [0.05, 0.1) is 5.75 Å². The van der Waals surface area contributed by atoms with E-state index < -0.39 is 10.0 Å². The third-order valence-corrected chi connectivity index (χ3v) is 5.02. The Bertz CT molecular complexity index is 585. The molecule has 6 heteroatoms. The Morgan fingerprint density at radius 3 is 2.72 bits per heavy atom. The van der Waals surface area contributed by atoms with E-state index in [0.717, 1.165) is 10.6 Å². The maximum Gasteiger partial charge on any atom is 0.211 e. The van der Waals surface area contributed by atoms with Gasteiger partial charge in [0, 0.05) is 24.5 Å². The highest BCUT2D eigenvalue weighted by atomic mass is 32.2. The zero-order valence-corrected chi connectivity index (χ0v) is 11.8. The molecule has 2 aromatic rings. The van der Waals surface area contributed by atoms with Gasteiger partial charge in [0.15, 0.2) is 0 Å². The van der Waals surface area contributed by atoms with Gasteiger partial charge in [-0.15, -0.1) is 11.3 Å². The summed E-state index contributed by atoms with van der Waals surface area (Å²) in [6.45, 7) is 2.20. The third-order valence-electron chi connectivity index (χ3n) is 2.52. The average Bonchev–Trinajstić information content (AvgIpc) is 2.97. The molecular formula is C12H16N2O2S2. The minimum Gasteiger partial charge on any atom is -0.315 e. The van der Waals surface area contributed by atoms with Crippen LogP contribution in [0.5, 0.6) is 0 Å². The summed E-state index contributed by atoms with van der Waals surface area (Å²) in [6, 6.07) is 5.85. The van der Waals surface area contributed by atoms with Gasteiger partial charge < -0.3 is 4.57 Å². The van der Waals surface area contributed by atoms with Crippen molar-refractivity contribution in [1.82, 2.24) is 9.29 Å². The van der Waals surface area contributed by atoms with E-state index in [2.05, 4.69) is 4.72 Å². The van der Waals surface area contributed by atoms with Gasteiger partial charge in [0.25, 0.3) is 0 Å². The molecule has 0 aliphatic carbocycles. The van der Waals surface area contributed by atoms with Crippen LogP contribution in [-0.2, 0) is 16.6 Å². The second kappa shape index (κ2) is 5.69. The molecule has 0 atom stereocenters. The normalized spacial score (nSPS) is 11.8. The Kier molecular flexibility index (Phi) is 4.21. The number of rotatable bonds is 6. The Morgan fingerprint density at radius 1 is 1.33 bits per heavy atom. The van der Waals surface area contributed by atoms with Crippen molar-refractivity contribution in [2.75, 3.05) is 5.75 Å². The molecule has 0 spiro atoms. The minimum atomic E-state index is -3.15. The highest BCUT2D eigenvalue weighted by Gasteiger charge is 2.11. The van der Waals surface area contributed by atoms with Crippen LogP contribution in [0.25, 0.3) is 5.00 Å². The maximum absolute atomic E-state index is 11.6. The van der Waals surface area contributed by atoms with Crippen molar-refractivity contribution in [2.24, 2.45) is 0 Å². The molecule has 2 heterocycles. The zero-order chi connectivity index (χ0) is 13.0. The molecule has 0 aromatic carbocycles. The van der Waals surface area contributed by atoms with Gasteiger partial charge in [-0.2, -0.15) is 0 Å². The van der Waals surface area contributed by atoms with Gasteiger partial charge in [0.1, 0.15) is 5.00 Å². The minimum absolute atomic E-state index is 0.177. The van der Waals surface area contributed by atoms with E-state index in [-0.39, 0.29) is 5.75 Å². The quantitative estimate of drug-likeness (QED) is 0.885. The Morgan fingerprint density at radius 2 is 2.06 bits per heavy atom. The smallest absolute Gasteiger partial charge is 0.211 e. The van der Waals surface area contributed by atoms with Crippen molar-refractivity contribution in [1.29, 1.82) is 0 Å². The SMILES string of the molecule is CCCS(=O)(=O)NCc1ccsc1-n1cccc1. The lowest BCUT2D eigenvalue weighted by Gasteiger charge is -2.07. The van der Waals surface area contributed by atoms with Crippen molar-refractivity contribution in [3.63, 3.8) is 0 Å². The van der Waals surface area contributed by atoms with Crippen molar-refractivity contribution in [3.8, 4) is 5.00 Å². The van der Waals surface area contributed by atoms with Gasteiger partial charge in [0.2, 0.25) is 10.0 Å². The summed E-state index contributed by atoms with van der Waals surface area (Å²) in [7, 11) is -3.15. The summed E-state index contributed by atoms with van der Waals surface area (Å²) in [5.41, 5.74) is 0.996. The van der Waals surface area contributed by atoms with E-state index in [0.29, 0.717) is 13.0 Å². The van der Waals surface area contributed by atoms with E-state index in [4.69, 9.17) is 0 Å². The van der Waals surface area contributed by atoms with Crippen LogP contribution in [-0.4, -0.2) is 18.7 Å². The van der Waals surface area contributed by atoms with Crippen molar-refractivity contribution in [3.05, 3.63) is 41.5 Å². The predicted molar refractivity (Wildman–Crippen MR) is 74.6 cm³/mol. The summed E-state index contributed by atoms with van der Waals surface area (Å²) in [6.07, 6.45) is 4.54. The number of hydrogen-bond donors (Lipinski definition) is 1. The van der Waals surface area contributed by atoms with Gasteiger partial charge in [-0.05, 0) is 30.0 Å². The van der Waals surface area contributed by atoms with Crippen molar-refractivity contribution >= 4 is 21.4 Å². The predicted octanol–water partition coefficient (Wildman–Crippen LogP) is 2.37. The first kappa shape index (κ1) is 13.3. The molecule has 2 aromatic heterocycles. The average molecular weight is 284 g/mol. The van der Waals surface area contributed by atoms with Crippen LogP contribution >= 0.6 is 11.3 Å². The van der Waals surface area contributed by atoms with Crippen LogP contribution in [0.2, 0.25) is 0 Å². The number of thiophene rings is 1. The van der Waals surface area contributed by atoms with Crippen LogP contribution < -0.4 is 4.72 Å². The van der Waals surface area contributed by atoms with Gasteiger partial charge in [-0.3, -0.25) is 0 Å². The molecule has 2 rings (SSSR count). The lowest BCUT2D eigenvalue weighted by molar-refractivity contribution is 0.580. The number of nitrogens with zero attached hydrogens (tertiary/aromatic N) is 1. The molecule has 0 aliphatic heterocycles. The lowest BCUT2D eigenvalue weighted by Crippen LogP contribution is -2.25. The monoisotopic (exact) mass is 284 g/mol. The first-order valence-electron chi connectivity index (χ1n) is 5.79. The first-order valence-corrected chi connectivity index (χ1v) is 8.32. The summed E-state index contributed by atoms with van der Waals surface area (Å²) >= 11 is 1.60. The summed E-state index contributed by atoms with van der Waals surface area (Å²) in [4.78, 5) is 0. The van der Waals surface area contributed by atoms with Crippen molar-refractivity contribution < 1.29 is 8.42 Å². The lowest BCUT2D eigenvalue weighted by atomic mass is 10.3. The molecule has 98 valence electrons. The zero-order valence-electron chi connectivity index (χ0n) is 10.2. The molecule has 0 unspecified atom stereocenters. The first-order chi connectivity index (χ1) is 8.62. The Labute approximate surface area is 111 Å². The largest absolute Gasteiger partial charge is 0.315 e. The number of sulfonamides is 1. The molecule has 4 nitrogen and oxygen atoms in total. The number of nitrogens with one attached hydrogen (secondary N) is 1. The van der Waals surface area contributed by atoms with Crippen LogP contribution in [0.15, 0.2) is 36.0 Å². The second-order valence-corrected chi connectivity index (χ2v) is 6.80. The van der Waals surface area contributed by atoms with Gasteiger partial charge >= 0.3 is 0 Å².